The van der Waals surface area contributed by atoms with Gasteiger partial charge in [0.2, 0.25) is 17.0 Å². The van der Waals surface area contributed by atoms with E-state index in [1.54, 1.807) is 11.3 Å². The third-order valence-corrected chi connectivity index (χ3v) is 5.41. The molecule has 0 fully saturated rings. The molecule has 1 amide bonds. The Morgan fingerprint density at radius 1 is 1.26 bits per heavy atom. The smallest absolute Gasteiger partial charge is 0.240 e. The minimum absolute atomic E-state index is 0.0400. The molecule has 0 atom stereocenters. The first kappa shape index (κ1) is 19.1. The van der Waals surface area contributed by atoms with Crippen LogP contribution in [0.4, 0.5) is 5.95 Å². The SMILES string of the molecule is C/C(=N\Nc1nc(SCC(=O)NCCc2ccccc2)n[nH]1)c1cccs1. The second kappa shape index (κ2) is 9.89. The Kier molecular flexibility index (Phi) is 7.00. The third-order valence-electron chi connectivity index (χ3n) is 3.58. The van der Waals surface area contributed by atoms with Crippen molar-refractivity contribution in [3.05, 3.63) is 58.3 Å². The maximum absolute atomic E-state index is 11.9. The summed E-state index contributed by atoms with van der Waals surface area (Å²) in [6.45, 7) is 2.53. The molecule has 1 aromatic carbocycles. The number of anilines is 1. The number of benzene rings is 1. The molecule has 2 aromatic heterocycles. The van der Waals surface area contributed by atoms with Crippen LogP contribution in [0.15, 0.2) is 58.1 Å². The Morgan fingerprint density at radius 2 is 2.11 bits per heavy atom. The summed E-state index contributed by atoms with van der Waals surface area (Å²) in [5, 5.41) is 16.5. The van der Waals surface area contributed by atoms with Crippen LogP contribution in [0.1, 0.15) is 17.4 Å². The van der Waals surface area contributed by atoms with Gasteiger partial charge in [-0.1, -0.05) is 48.2 Å². The molecule has 0 saturated heterocycles. The van der Waals surface area contributed by atoms with Crippen molar-refractivity contribution in [1.82, 2.24) is 20.5 Å². The Morgan fingerprint density at radius 3 is 2.89 bits per heavy atom. The molecular formula is C18H20N6OS2. The number of aromatic amines is 1. The van der Waals surface area contributed by atoms with E-state index in [9.17, 15) is 4.79 Å². The number of rotatable bonds is 9. The number of hydrogen-bond acceptors (Lipinski definition) is 7. The van der Waals surface area contributed by atoms with E-state index in [1.807, 2.05) is 54.8 Å². The van der Waals surface area contributed by atoms with Gasteiger partial charge >= 0.3 is 0 Å². The summed E-state index contributed by atoms with van der Waals surface area (Å²) >= 11 is 2.90. The number of hydrazone groups is 1. The zero-order valence-corrected chi connectivity index (χ0v) is 16.4. The van der Waals surface area contributed by atoms with E-state index in [-0.39, 0.29) is 11.7 Å². The van der Waals surface area contributed by atoms with Crippen LogP contribution in [0.5, 0.6) is 0 Å². The Bertz CT molecular complexity index is 876. The van der Waals surface area contributed by atoms with Gasteiger partial charge in [0, 0.05) is 11.4 Å². The van der Waals surface area contributed by atoms with E-state index in [0.717, 1.165) is 17.0 Å². The highest BCUT2D eigenvalue weighted by Crippen LogP contribution is 2.14. The summed E-state index contributed by atoms with van der Waals surface area (Å²) in [4.78, 5) is 17.3. The van der Waals surface area contributed by atoms with Crippen LogP contribution >= 0.6 is 23.1 Å². The lowest BCUT2D eigenvalue weighted by Crippen LogP contribution is -2.27. The lowest BCUT2D eigenvalue weighted by molar-refractivity contribution is -0.118. The van der Waals surface area contributed by atoms with Crippen molar-refractivity contribution in [2.24, 2.45) is 5.10 Å². The molecule has 3 aromatic rings. The molecule has 0 saturated carbocycles. The number of carbonyl (C=O) groups is 1. The molecule has 0 aliphatic carbocycles. The van der Waals surface area contributed by atoms with Gasteiger partial charge in [-0.3, -0.25) is 4.79 Å². The summed E-state index contributed by atoms with van der Waals surface area (Å²) in [7, 11) is 0. The summed E-state index contributed by atoms with van der Waals surface area (Å²) in [6.07, 6.45) is 0.813. The van der Waals surface area contributed by atoms with Crippen LogP contribution in [0.3, 0.4) is 0 Å². The van der Waals surface area contributed by atoms with Gasteiger partial charge < -0.3 is 5.32 Å². The van der Waals surface area contributed by atoms with Gasteiger partial charge in [-0.25, -0.2) is 10.5 Å². The first-order valence-corrected chi connectivity index (χ1v) is 10.3. The number of thiophene rings is 1. The van der Waals surface area contributed by atoms with E-state index in [2.05, 4.69) is 31.0 Å². The van der Waals surface area contributed by atoms with E-state index in [4.69, 9.17) is 0 Å². The molecular weight excluding hydrogens is 380 g/mol. The first-order chi connectivity index (χ1) is 13.2. The lowest BCUT2D eigenvalue weighted by atomic mass is 10.1. The molecule has 0 unspecified atom stereocenters. The van der Waals surface area contributed by atoms with Gasteiger partial charge in [-0.15, -0.1) is 16.4 Å². The van der Waals surface area contributed by atoms with Gasteiger partial charge in [0.15, 0.2) is 0 Å². The Labute approximate surface area is 165 Å². The van der Waals surface area contributed by atoms with Gasteiger partial charge in [0.05, 0.1) is 11.5 Å². The minimum Gasteiger partial charge on any atom is -0.355 e. The van der Waals surface area contributed by atoms with Gasteiger partial charge in [0.25, 0.3) is 0 Å². The molecule has 140 valence electrons. The normalized spacial score (nSPS) is 11.4. The van der Waals surface area contributed by atoms with Crippen LogP contribution in [0, 0.1) is 0 Å². The molecule has 0 aliphatic heterocycles. The van der Waals surface area contributed by atoms with Crippen LogP contribution in [-0.2, 0) is 11.2 Å². The van der Waals surface area contributed by atoms with Crippen molar-refractivity contribution in [3.63, 3.8) is 0 Å². The standard InChI is InChI=1S/C18H20N6OS2/c1-13(15-8-5-11-26-15)21-22-17-20-18(24-23-17)27-12-16(25)19-10-9-14-6-3-2-4-7-14/h2-8,11H,9-10,12H2,1H3,(H,19,25)(H2,20,22,23,24)/b21-13+. The molecule has 3 rings (SSSR count). The molecule has 0 radical (unpaired) electrons. The number of H-pyrrole nitrogens is 1. The van der Waals surface area contributed by atoms with E-state index in [0.29, 0.717) is 17.6 Å². The fourth-order valence-electron chi connectivity index (χ4n) is 2.21. The van der Waals surface area contributed by atoms with Gasteiger partial charge in [-0.05, 0) is 30.4 Å². The maximum Gasteiger partial charge on any atom is 0.240 e. The van der Waals surface area contributed by atoms with E-state index in [1.165, 1.54) is 17.3 Å². The monoisotopic (exact) mass is 400 g/mol. The molecule has 0 aliphatic rings. The van der Waals surface area contributed by atoms with Crippen molar-refractivity contribution in [1.29, 1.82) is 0 Å². The number of aromatic nitrogens is 3. The molecule has 0 bridgehead atoms. The van der Waals surface area contributed by atoms with Crippen LogP contribution < -0.4 is 10.7 Å². The average molecular weight is 401 g/mol. The molecule has 27 heavy (non-hydrogen) atoms. The average Bonchev–Trinajstić information content (AvgIpc) is 3.37. The highest BCUT2D eigenvalue weighted by molar-refractivity contribution is 7.99. The van der Waals surface area contributed by atoms with Crippen LogP contribution in [0.2, 0.25) is 0 Å². The molecule has 3 N–H and O–H groups in total. The fraction of sp³-hybridized carbons (Fsp3) is 0.222. The molecule has 0 spiro atoms. The lowest BCUT2D eigenvalue weighted by Gasteiger charge is -2.04. The maximum atomic E-state index is 11.9. The number of amides is 1. The van der Waals surface area contributed by atoms with Crippen molar-refractivity contribution >= 4 is 40.7 Å². The summed E-state index contributed by atoms with van der Waals surface area (Å²) in [6, 6.07) is 14.0. The van der Waals surface area contributed by atoms with Gasteiger partial charge in [-0.2, -0.15) is 10.1 Å². The zero-order valence-electron chi connectivity index (χ0n) is 14.8. The van der Waals surface area contributed by atoms with Crippen LogP contribution in [0.25, 0.3) is 0 Å². The van der Waals surface area contributed by atoms with E-state index >= 15 is 0 Å². The quantitative estimate of drug-likeness (QED) is 0.291. The Hall–Kier alpha value is -2.65. The fourth-order valence-corrected chi connectivity index (χ4v) is 3.51. The zero-order chi connectivity index (χ0) is 18.9. The number of nitrogens with one attached hydrogen (secondary N) is 3. The predicted molar refractivity (Wildman–Crippen MR) is 110 cm³/mol. The Balaban J connectivity index is 1.38. The van der Waals surface area contributed by atoms with Crippen molar-refractivity contribution in [2.75, 3.05) is 17.7 Å². The van der Waals surface area contributed by atoms with Crippen molar-refractivity contribution in [2.45, 2.75) is 18.5 Å². The number of nitrogens with zero attached hydrogens (tertiary/aromatic N) is 3. The van der Waals surface area contributed by atoms with Crippen LogP contribution in [-0.4, -0.2) is 39.1 Å². The third kappa shape index (κ3) is 6.22. The molecule has 2 heterocycles. The highest BCUT2D eigenvalue weighted by Gasteiger charge is 2.07. The highest BCUT2D eigenvalue weighted by atomic mass is 32.2. The van der Waals surface area contributed by atoms with Crippen molar-refractivity contribution in [3.8, 4) is 0 Å². The molecule has 9 heteroatoms. The second-order valence-corrected chi connectivity index (χ2v) is 7.52. The summed E-state index contributed by atoms with van der Waals surface area (Å²) in [5.74, 6) is 0.670. The topological polar surface area (TPSA) is 95.1 Å². The second-order valence-electron chi connectivity index (χ2n) is 5.63. The van der Waals surface area contributed by atoms with E-state index < -0.39 is 0 Å². The first-order valence-electron chi connectivity index (χ1n) is 8.41. The largest absolute Gasteiger partial charge is 0.355 e. The molecule has 7 nitrogen and oxygen atoms in total. The number of thioether (sulfide) groups is 1. The number of hydrogen-bond donors (Lipinski definition) is 3. The van der Waals surface area contributed by atoms with Crippen molar-refractivity contribution < 1.29 is 4.79 Å². The predicted octanol–water partition coefficient (Wildman–Crippen LogP) is 3.15. The summed E-state index contributed by atoms with van der Waals surface area (Å²) < 4.78 is 0. The summed E-state index contributed by atoms with van der Waals surface area (Å²) in [5.41, 5.74) is 4.92. The van der Waals surface area contributed by atoms with Gasteiger partial charge in [0.1, 0.15) is 0 Å². The number of carbonyl (C=O) groups excluding carboxylic acids is 1. The minimum atomic E-state index is -0.0400.